The molecule has 1 saturated heterocycles. The molecule has 1 fully saturated rings. The van der Waals surface area contributed by atoms with Gasteiger partial charge in [-0.3, -0.25) is 14.0 Å². The number of carbonyl (C=O) groups excluding carboxylic acids is 1. The van der Waals surface area contributed by atoms with E-state index in [2.05, 4.69) is 43.1 Å². The number of benzene rings is 3. The van der Waals surface area contributed by atoms with Gasteiger partial charge >= 0.3 is 0 Å². The molecular formula is C32H39N3O5S. The quantitative estimate of drug-likeness (QED) is 0.412. The second kappa shape index (κ2) is 11.7. The van der Waals surface area contributed by atoms with Gasteiger partial charge in [-0.05, 0) is 84.4 Å². The van der Waals surface area contributed by atoms with Crippen LogP contribution in [0, 0.1) is 0 Å². The van der Waals surface area contributed by atoms with Crippen LogP contribution in [0.1, 0.15) is 50.3 Å². The number of nitrogens with one attached hydrogen (secondary N) is 1. The Balaban J connectivity index is 1.35. The Morgan fingerprint density at radius 2 is 1.63 bits per heavy atom. The number of carbonyl (C=O) groups is 1. The second-order valence-electron chi connectivity index (χ2n) is 11.8. The third-order valence-corrected chi connectivity index (χ3v) is 9.52. The fraction of sp³-hybridized carbons (Fsp3) is 0.406. The molecule has 218 valence electrons. The number of hydrogen-bond donors (Lipinski definition) is 1. The van der Waals surface area contributed by atoms with Gasteiger partial charge in [-0.1, -0.05) is 51.1 Å². The zero-order valence-electron chi connectivity index (χ0n) is 24.2. The fourth-order valence-electron chi connectivity index (χ4n) is 5.22. The SMILES string of the molecule is COc1ccc(S(=O)(=O)N2C[C@H](C(=O)NCc3ccc(CN4CCCC4)cc3)Oc3ccc(C(C)(C)C)cc32)cc1. The first kappa shape index (κ1) is 29.0. The van der Waals surface area contributed by atoms with Gasteiger partial charge in [0.05, 0.1) is 24.2 Å². The van der Waals surface area contributed by atoms with Gasteiger partial charge in [0.25, 0.3) is 15.9 Å². The van der Waals surface area contributed by atoms with Crippen LogP contribution in [-0.4, -0.2) is 52.1 Å². The molecule has 0 bridgehead atoms. The van der Waals surface area contributed by atoms with Crippen molar-refractivity contribution in [3.63, 3.8) is 0 Å². The Morgan fingerprint density at radius 1 is 0.976 bits per heavy atom. The van der Waals surface area contributed by atoms with Crippen molar-refractivity contribution in [2.24, 2.45) is 0 Å². The summed E-state index contributed by atoms with van der Waals surface area (Å²) in [6.45, 7) is 9.61. The fourth-order valence-corrected chi connectivity index (χ4v) is 6.69. The molecule has 0 saturated carbocycles. The maximum atomic E-state index is 13.9. The predicted octanol–water partition coefficient (Wildman–Crippen LogP) is 4.86. The smallest absolute Gasteiger partial charge is 0.264 e. The van der Waals surface area contributed by atoms with E-state index in [4.69, 9.17) is 9.47 Å². The molecule has 0 unspecified atom stereocenters. The van der Waals surface area contributed by atoms with Crippen LogP contribution >= 0.6 is 0 Å². The zero-order valence-corrected chi connectivity index (χ0v) is 25.0. The summed E-state index contributed by atoms with van der Waals surface area (Å²) < 4.78 is 40.4. The van der Waals surface area contributed by atoms with E-state index in [1.807, 2.05) is 24.3 Å². The molecule has 5 rings (SSSR count). The largest absolute Gasteiger partial charge is 0.497 e. The van der Waals surface area contributed by atoms with Crippen molar-refractivity contribution in [1.29, 1.82) is 0 Å². The van der Waals surface area contributed by atoms with Gasteiger partial charge in [0.1, 0.15) is 11.5 Å². The summed E-state index contributed by atoms with van der Waals surface area (Å²) in [6.07, 6.45) is 1.51. The van der Waals surface area contributed by atoms with Crippen molar-refractivity contribution in [2.45, 2.75) is 63.1 Å². The molecule has 0 spiro atoms. The lowest BCUT2D eigenvalue weighted by Gasteiger charge is -2.36. The molecule has 1 amide bonds. The Labute approximate surface area is 243 Å². The topological polar surface area (TPSA) is 88.2 Å². The van der Waals surface area contributed by atoms with Gasteiger partial charge in [-0.15, -0.1) is 0 Å². The molecule has 1 atom stereocenters. The molecule has 8 nitrogen and oxygen atoms in total. The lowest BCUT2D eigenvalue weighted by Crippen LogP contribution is -2.50. The van der Waals surface area contributed by atoms with Crippen molar-refractivity contribution in [2.75, 3.05) is 31.0 Å². The van der Waals surface area contributed by atoms with Crippen molar-refractivity contribution in [1.82, 2.24) is 10.2 Å². The third kappa shape index (κ3) is 6.52. The average molecular weight is 578 g/mol. The first-order valence-corrected chi connectivity index (χ1v) is 15.5. The van der Waals surface area contributed by atoms with Crippen molar-refractivity contribution in [3.05, 3.63) is 83.4 Å². The summed E-state index contributed by atoms with van der Waals surface area (Å²) in [5.41, 5.74) is 3.40. The summed E-state index contributed by atoms with van der Waals surface area (Å²) in [4.78, 5) is 15.9. The summed E-state index contributed by atoms with van der Waals surface area (Å²) >= 11 is 0. The zero-order chi connectivity index (χ0) is 29.2. The lowest BCUT2D eigenvalue weighted by molar-refractivity contribution is -0.127. The third-order valence-electron chi connectivity index (χ3n) is 7.73. The number of rotatable bonds is 8. The van der Waals surface area contributed by atoms with Crippen molar-refractivity contribution in [3.8, 4) is 11.5 Å². The molecule has 3 aromatic rings. The van der Waals surface area contributed by atoms with E-state index in [0.717, 1.165) is 30.8 Å². The first-order valence-electron chi connectivity index (χ1n) is 14.1. The number of fused-ring (bicyclic) bond motifs is 1. The van der Waals surface area contributed by atoms with Crippen LogP contribution in [0.2, 0.25) is 0 Å². The average Bonchev–Trinajstić information content (AvgIpc) is 3.48. The maximum absolute atomic E-state index is 13.9. The first-order chi connectivity index (χ1) is 19.5. The molecule has 2 heterocycles. The lowest BCUT2D eigenvalue weighted by atomic mass is 9.86. The minimum Gasteiger partial charge on any atom is -0.497 e. The Kier molecular flexibility index (Phi) is 8.29. The molecule has 2 aliphatic heterocycles. The number of methoxy groups -OCH3 is 1. The van der Waals surface area contributed by atoms with Gasteiger partial charge in [-0.2, -0.15) is 0 Å². The molecule has 0 aromatic heterocycles. The molecule has 1 N–H and O–H groups in total. The van der Waals surface area contributed by atoms with E-state index in [1.165, 1.54) is 42.0 Å². The van der Waals surface area contributed by atoms with E-state index in [1.54, 1.807) is 18.2 Å². The number of hydrogen-bond acceptors (Lipinski definition) is 6. The monoisotopic (exact) mass is 577 g/mol. The van der Waals surface area contributed by atoms with Crippen LogP contribution in [0.3, 0.4) is 0 Å². The van der Waals surface area contributed by atoms with Gasteiger partial charge in [0.2, 0.25) is 0 Å². The summed E-state index contributed by atoms with van der Waals surface area (Å²) in [7, 11) is -2.47. The van der Waals surface area contributed by atoms with Gasteiger partial charge in [0, 0.05) is 13.1 Å². The number of sulfonamides is 1. The molecule has 2 aliphatic rings. The van der Waals surface area contributed by atoms with E-state index in [-0.39, 0.29) is 22.8 Å². The minimum atomic E-state index is -4.00. The minimum absolute atomic E-state index is 0.112. The van der Waals surface area contributed by atoms with Gasteiger partial charge in [-0.25, -0.2) is 8.42 Å². The van der Waals surface area contributed by atoms with Crippen LogP contribution in [0.25, 0.3) is 0 Å². The van der Waals surface area contributed by atoms with E-state index in [0.29, 0.717) is 23.7 Å². The van der Waals surface area contributed by atoms with Crippen LogP contribution in [0.15, 0.2) is 71.6 Å². The van der Waals surface area contributed by atoms with Crippen molar-refractivity contribution >= 4 is 21.6 Å². The van der Waals surface area contributed by atoms with E-state index >= 15 is 0 Å². The number of anilines is 1. The molecule has 3 aromatic carbocycles. The highest BCUT2D eigenvalue weighted by molar-refractivity contribution is 7.92. The highest BCUT2D eigenvalue weighted by Crippen LogP contribution is 2.40. The molecular weight excluding hydrogens is 538 g/mol. The number of ether oxygens (including phenoxy) is 2. The maximum Gasteiger partial charge on any atom is 0.264 e. The summed E-state index contributed by atoms with van der Waals surface area (Å²) in [5.74, 6) is 0.544. The molecule has 9 heteroatoms. The number of likely N-dealkylation sites (tertiary alicyclic amines) is 1. The van der Waals surface area contributed by atoms with Crippen LogP contribution in [0.4, 0.5) is 5.69 Å². The van der Waals surface area contributed by atoms with Crippen LogP contribution in [-0.2, 0) is 33.3 Å². The van der Waals surface area contributed by atoms with Crippen LogP contribution < -0.4 is 19.1 Å². The van der Waals surface area contributed by atoms with Crippen LogP contribution in [0.5, 0.6) is 11.5 Å². The second-order valence-corrected chi connectivity index (χ2v) is 13.6. The standard InChI is InChI=1S/C32H39N3O5S/c1-32(2,3)25-11-16-29-28(19-25)35(41(37,38)27-14-12-26(39-4)13-15-27)22-30(40-29)31(36)33-20-23-7-9-24(10-8-23)21-34-17-5-6-18-34/h7-16,19,30H,5-6,17-18,20-22H2,1-4H3,(H,33,36)/t30-/m1/s1. The Hall–Kier alpha value is -3.56. The highest BCUT2D eigenvalue weighted by Gasteiger charge is 2.38. The van der Waals surface area contributed by atoms with Gasteiger partial charge < -0.3 is 14.8 Å². The van der Waals surface area contributed by atoms with Gasteiger partial charge in [0.15, 0.2) is 6.10 Å². The Bertz CT molecular complexity index is 1480. The normalized spacial score (nSPS) is 17.6. The molecule has 0 radical (unpaired) electrons. The number of amides is 1. The summed E-state index contributed by atoms with van der Waals surface area (Å²) in [5, 5.41) is 2.94. The predicted molar refractivity (Wildman–Crippen MR) is 160 cm³/mol. The Morgan fingerprint density at radius 3 is 2.27 bits per heavy atom. The number of nitrogens with zero attached hydrogens (tertiary/aromatic N) is 2. The molecule has 41 heavy (non-hydrogen) atoms. The summed E-state index contributed by atoms with van der Waals surface area (Å²) in [6, 6.07) is 20.0. The highest BCUT2D eigenvalue weighted by atomic mass is 32.2. The van der Waals surface area contributed by atoms with E-state index in [9.17, 15) is 13.2 Å². The van der Waals surface area contributed by atoms with Crippen molar-refractivity contribution < 1.29 is 22.7 Å². The molecule has 0 aliphatic carbocycles. The van der Waals surface area contributed by atoms with E-state index < -0.39 is 16.1 Å².